The Kier molecular flexibility index (Phi) is 13.1. The van der Waals surface area contributed by atoms with E-state index in [1.807, 2.05) is 6.07 Å². The van der Waals surface area contributed by atoms with E-state index in [2.05, 4.69) is 0 Å². The van der Waals surface area contributed by atoms with Crippen molar-refractivity contribution in [3.63, 3.8) is 0 Å². The summed E-state index contributed by atoms with van der Waals surface area (Å²) >= 11 is 0. The van der Waals surface area contributed by atoms with Gasteiger partial charge in [0.2, 0.25) is 0 Å². The third-order valence-corrected chi connectivity index (χ3v) is 8.64. The van der Waals surface area contributed by atoms with Crippen molar-refractivity contribution in [3.05, 3.63) is 95.6 Å². The average molecular weight is 781 g/mol. The lowest BCUT2D eigenvalue weighted by molar-refractivity contribution is -0.310. The van der Waals surface area contributed by atoms with Gasteiger partial charge in [0, 0.05) is 27.7 Å². The molecule has 12 nitrogen and oxygen atoms in total. The standard InChI is InChI=1S/C41H39F3O12/c1-6-50-39(49)31-18-30-17-29(27-11-14-32(15-12-27)41(42,43)44)13-16-33(30)34(19-31)28-9-7-26(8-10-28)20-52-40-38(55-25(5)48)37(54-24(4)47)36(53-23(3)46)35(56-40)21-51-22(2)45/h7-19,35-38,40H,6,20-21H2,1-5H3. The summed E-state index contributed by atoms with van der Waals surface area (Å²) in [6.07, 6.45) is -11.1. The molecule has 5 rings (SSSR count). The van der Waals surface area contributed by atoms with Gasteiger partial charge in [-0.1, -0.05) is 48.5 Å². The molecule has 296 valence electrons. The van der Waals surface area contributed by atoms with E-state index in [0.29, 0.717) is 33.2 Å². The lowest BCUT2D eigenvalue weighted by atomic mass is 9.92. The van der Waals surface area contributed by atoms with Crippen molar-refractivity contribution in [2.75, 3.05) is 13.2 Å². The molecule has 0 amide bonds. The van der Waals surface area contributed by atoms with Gasteiger partial charge in [-0.15, -0.1) is 0 Å². The van der Waals surface area contributed by atoms with Crippen LogP contribution in [0.1, 0.15) is 56.1 Å². The number of carbonyl (C=O) groups excluding carboxylic acids is 5. The third-order valence-electron chi connectivity index (χ3n) is 8.64. The van der Waals surface area contributed by atoms with Crippen molar-refractivity contribution in [1.29, 1.82) is 0 Å². The molecule has 0 N–H and O–H groups in total. The Morgan fingerprint density at radius 2 is 1.25 bits per heavy atom. The lowest BCUT2D eigenvalue weighted by Gasteiger charge is -2.44. The second-order valence-electron chi connectivity index (χ2n) is 12.8. The number of halogens is 3. The highest BCUT2D eigenvalue weighted by atomic mass is 19.4. The molecular weight excluding hydrogens is 741 g/mol. The lowest BCUT2D eigenvalue weighted by Crippen LogP contribution is -2.62. The van der Waals surface area contributed by atoms with Crippen molar-refractivity contribution < 1.29 is 70.3 Å². The molecule has 1 aliphatic rings. The molecule has 1 aliphatic heterocycles. The van der Waals surface area contributed by atoms with Gasteiger partial charge in [-0.2, -0.15) is 13.2 Å². The van der Waals surface area contributed by atoms with Gasteiger partial charge in [0.15, 0.2) is 24.6 Å². The van der Waals surface area contributed by atoms with E-state index in [-0.39, 0.29) is 18.8 Å². The summed E-state index contributed by atoms with van der Waals surface area (Å²) in [5.74, 6) is -3.51. The molecule has 0 bridgehead atoms. The minimum atomic E-state index is -4.47. The summed E-state index contributed by atoms with van der Waals surface area (Å²) in [7, 11) is 0. The summed E-state index contributed by atoms with van der Waals surface area (Å²) in [4.78, 5) is 60.9. The second kappa shape index (κ2) is 17.8. The van der Waals surface area contributed by atoms with Crippen LogP contribution in [0.15, 0.2) is 78.9 Å². The van der Waals surface area contributed by atoms with Gasteiger partial charge in [-0.3, -0.25) is 19.2 Å². The Morgan fingerprint density at radius 1 is 0.661 bits per heavy atom. The molecule has 0 radical (unpaired) electrons. The van der Waals surface area contributed by atoms with Crippen molar-refractivity contribution in [2.45, 2.75) is 78.1 Å². The molecule has 15 heteroatoms. The first kappa shape index (κ1) is 41.4. The molecule has 4 aromatic carbocycles. The maximum atomic E-state index is 13.2. The van der Waals surface area contributed by atoms with Crippen LogP contribution < -0.4 is 0 Å². The molecule has 0 aliphatic carbocycles. The predicted molar refractivity (Wildman–Crippen MR) is 193 cm³/mol. The Morgan fingerprint density at radius 3 is 1.84 bits per heavy atom. The largest absolute Gasteiger partial charge is 0.463 e. The van der Waals surface area contributed by atoms with Crippen LogP contribution in [0.25, 0.3) is 33.0 Å². The molecule has 1 fully saturated rings. The third kappa shape index (κ3) is 10.3. The van der Waals surface area contributed by atoms with Gasteiger partial charge in [0.1, 0.15) is 12.7 Å². The highest BCUT2D eigenvalue weighted by Gasteiger charge is 2.52. The molecule has 56 heavy (non-hydrogen) atoms. The zero-order valence-electron chi connectivity index (χ0n) is 31.0. The zero-order valence-corrected chi connectivity index (χ0v) is 31.0. The number of carbonyl (C=O) groups is 5. The first-order chi connectivity index (χ1) is 26.5. The van der Waals surface area contributed by atoms with Crippen molar-refractivity contribution >= 4 is 40.6 Å². The summed E-state index contributed by atoms with van der Waals surface area (Å²) in [6, 6.07) is 20.7. The van der Waals surface area contributed by atoms with Crippen LogP contribution >= 0.6 is 0 Å². The maximum absolute atomic E-state index is 13.2. The summed E-state index contributed by atoms with van der Waals surface area (Å²) < 4.78 is 78.3. The normalized spacial score (nSPS) is 19.5. The van der Waals surface area contributed by atoms with Crippen LogP contribution in [0, 0.1) is 0 Å². The van der Waals surface area contributed by atoms with Crippen LogP contribution in [0.2, 0.25) is 0 Å². The Bertz CT molecular complexity index is 2080. The molecule has 5 unspecified atom stereocenters. The Labute approximate surface area is 319 Å². The minimum absolute atomic E-state index is 0.117. The first-order valence-electron chi connectivity index (χ1n) is 17.5. The monoisotopic (exact) mass is 780 g/mol. The van der Waals surface area contributed by atoms with E-state index in [4.69, 9.17) is 33.2 Å². The fraction of sp³-hybridized carbons (Fsp3) is 0.341. The number of rotatable bonds is 12. The van der Waals surface area contributed by atoms with E-state index in [1.165, 1.54) is 19.1 Å². The average Bonchev–Trinajstić information content (AvgIpc) is 3.14. The highest BCUT2D eigenvalue weighted by Crippen LogP contribution is 2.36. The van der Waals surface area contributed by atoms with E-state index < -0.39 is 78.9 Å². The van der Waals surface area contributed by atoms with E-state index >= 15 is 0 Å². The van der Waals surface area contributed by atoms with Crippen molar-refractivity contribution in [2.24, 2.45) is 0 Å². The molecule has 1 heterocycles. The number of benzene rings is 4. The number of hydrogen-bond donors (Lipinski definition) is 0. The van der Waals surface area contributed by atoms with Crippen LogP contribution in [0.3, 0.4) is 0 Å². The van der Waals surface area contributed by atoms with Gasteiger partial charge >= 0.3 is 36.0 Å². The fourth-order valence-electron chi connectivity index (χ4n) is 6.25. The van der Waals surface area contributed by atoms with Gasteiger partial charge in [0.05, 0.1) is 24.3 Å². The molecule has 0 aromatic heterocycles. The number of ether oxygens (including phenoxy) is 7. The molecule has 4 aromatic rings. The van der Waals surface area contributed by atoms with E-state index in [9.17, 15) is 37.1 Å². The minimum Gasteiger partial charge on any atom is -0.463 e. The summed E-state index contributed by atoms with van der Waals surface area (Å²) in [5.41, 5.74) is 2.72. The summed E-state index contributed by atoms with van der Waals surface area (Å²) in [5, 5.41) is 1.41. The number of hydrogen-bond acceptors (Lipinski definition) is 12. The predicted octanol–water partition coefficient (Wildman–Crippen LogP) is 6.97. The Hall–Kier alpha value is -5.80. The number of alkyl halides is 3. The van der Waals surface area contributed by atoms with Crippen molar-refractivity contribution in [3.8, 4) is 22.3 Å². The van der Waals surface area contributed by atoms with E-state index in [1.54, 1.807) is 55.5 Å². The van der Waals surface area contributed by atoms with Crippen LogP contribution in [0.4, 0.5) is 13.2 Å². The highest BCUT2D eigenvalue weighted by molar-refractivity contribution is 6.04. The van der Waals surface area contributed by atoms with Crippen LogP contribution in [-0.2, 0) is 65.1 Å². The fourth-order valence-corrected chi connectivity index (χ4v) is 6.25. The van der Waals surface area contributed by atoms with E-state index in [0.717, 1.165) is 38.3 Å². The molecule has 5 atom stereocenters. The number of esters is 5. The smallest absolute Gasteiger partial charge is 0.416 e. The summed E-state index contributed by atoms with van der Waals surface area (Å²) in [6.45, 7) is 5.85. The molecule has 1 saturated heterocycles. The quantitative estimate of drug-likeness (QED) is 0.108. The van der Waals surface area contributed by atoms with Gasteiger partial charge in [-0.05, 0) is 75.8 Å². The van der Waals surface area contributed by atoms with Gasteiger partial charge in [0.25, 0.3) is 0 Å². The van der Waals surface area contributed by atoms with Crippen LogP contribution in [0.5, 0.6) is 0 Å². The SMILES string of the molecule is CCOC(=O)c1cc(-c2ccc(COC3OC(COC(C)=O)C(OC(C)=O)C(OC(C)=O)C3OC(C)=O)cc2)c2ccc(-c3ccc(C(F)(F)F)cc3)cc2c1. The molecule has 0 spiro atoms. The van der Waals surface area contributed by atoms with Gasteiger partial charge < -0.3 is 33.2 Å². The molecular formula is C41H39F3O12. The zero-order chi connectivity index (χ0) is 40.7. The maximum Gasteiger partial charge on any atom is 0.416 e. The van der Waals surface area contributed by atoms with Gasteiger partial charge in [-0.25, -0.2) is 4.79 Å². The van der Waals surface area contributed by atoms with Crippen molar-refractivity contribution in [1.82, 2.24) is 0 Å². The molecule has 0 saturated carbocycles. The number of fused-ring (bicyclic) bond motifs is 1. The second-order valence-corrected chi connectivity index (χ2v) is 12.8. The van der Waals surface area contributed by atoms with Crippen LogP contribution in [-0.4, -0.2) is 73.8 Å². The topological polar surface area (TPSA) is 150 Å². The Balaban J connectivity index is 1.44. The first-order valence-corrected chi connectivity index (χ1v) is 17.5.